The number of nitrogens with zero attached hydrogens (tertiary/aromatic N) is 5. The number of anilines is 2. The van der Waals surface area contributed by atoms with Gasteiger partial charge in [-0.3, -0.25) is 0 Å². The molecule has 0 saturated carbocycles. The molecule has 0 spiro atoms. The lowest BCUT2D eigenvalue weighted by Gasteiger charge is -2.30. The zero-order valence-corrected chi connectivity index (χ0v) is 26.6. The maximum Gasteiger partial charge on any atom is 0.234 e. The van der Waals surface area contributed by atoms with Crippen LogP contribution in [0, 0.1) is 0 Å². The van der Waals surface area contributed by atoms with Crippen molar-refractivity contribution in [3.8, 4) is 0 Å². The molecule has 10 nitrogen and oxygen atoms in total. The first-order chi connectivity index (χ1) is 23.6. The molecule has 0 amide bonds. The van der Waals surface area contributed by atoms with E-state index in [1.165, 1.54) is 6.33 Å². The van der Waals surface area contributed by atoms with Gasteiger partial charge in [-0.15, -0.1) is 0 Å². The van der Waals surface area contributed by atoms with Crippen LogP contribution >= 0.6 is 0 Å². The Bertz CT molecular complexity index is 1890. The van der Waals surface area contributed by atoms with Crippen LogP contribution in [0.25, 0.3) is 5.65 Å². The van der Waals surface area contributed by atoms with Gasteiger partial charge in [0.1, 0.15) is 24.6 Å². The minimum atomic E-state index is -1.99. The molecule has 1 fully saturated rings. The predicted molar refractivity (Wildman–Crippen MR) is 180 cm³/mol. The zero-order valence-electron chi connectivity index (χ0n) is 26.6. The van der Waals surface area contributed by atoms with E-state index in [0.717, 1.165) is 22.4 Å². The number of aliphatic hydroxyl groups is 1. The fraction of sp³-hybridized carbons (Fsp3) is 0.237. The summed E-state index contributed by atoms with van der Waals surface area (Å²) in [5.74, 6) is -1.48. The Hall–Kier alpha value is -4.97. The van der Waals surface area contributed by atoms with E-state index in [1.54, 1.807) is 10.7 Å². The molecule has 0 bridgehead atoms. The van der Waals surface area contributed by atoms with Crippen molar-refractivity contribution in [2.75, 3.05) is 18.6 Å². The lowest BCUT2D eigenvalue weighted by Crippen LogP contribution is -2.44. The molecule has 0 aliphatic carbocycles. The summed E-state index contributed by atoms with van der Waals surface area (Å²) in [6, 6.07) is 39.4. The van der Waals surface area contributed by atoms with Crippen molar-refractivity contribution in [2.24, 2.45) is 0 Å². The number of rotatable bonds is 13. The van der Waals surface area contributed by atoms with Crippen LogP contribution < -0.4 is 4.90 Å². The molecule has 1 aliphatic heterocycles. The van der Waals surface area contributed by atoms with Crippen LogP contribution in [0.5, 0.6) is 0 Å². The molecule has 244 valence electrons. The first-order valence-corrected chi connectivity index (χ1v) is 15.9. The molecule has 1 saturated heterocycles. The van der Waals surface area contributed by atoms with Gasteiger partial charge in [-0.2, -0.15) is 9.61 Å². The molecule has 3 heterocycles. The largest absolute Gasteiger partial charge is 0.374 e. The normalized spacial score (nSPS) is 20.7. The standard InChI is InChI=1S/C38H37N5O5/c1-42(31-20-12-5-13-21-31)37-40-27-39-36-32(22-41-43(36)37)38(44)35(47-25-30-18-10-4-11-19-30)34(46-24-29-16-8-3-9-17-29)33(48-38)26-45-23-28-14-6-2-7-15-28/h2-22,27,33-35,44H,23-26H2,1H3/t33-,34-,35-,38?/m1/s1. The Balaban J connectivity index is 1.25. The van der Waals surface area contributed by atoms with Crippen molar-refractivity contribution in [1.29, 1.82) is 0 Å². The number of hydrogen-bond acceptors (Lipinski definition) is 9. The molecular weight excluding hydrogens is 606 g/mol. The summed E-state index contributed by atoms with van der Waals surface area (Å²) in [4.78, 5) is 11.0. The van der Waals surface area contributed by atoms with E-state index >= 15 is 0 Å². The molecule has 48 heavy (non-hydrogen) atoms. The van der Waals surface area contributed by atoms with Gasteiger partial charge < -0.3 is 29.0 Å². The second-order valence-corrected chi connectivity index (χ2v) is 11.7. The van der Waals surface area contributed by atoms with Crippen LogP contribution in [0.4, 0.5) is 11.6 Å². The van der Waals surface area contributed by atoms with Crippen LogP contribution in [0.15, 0.2) is 134 Å². The van der Waals surface area contributed by atoms with Crippen LogP contribution in [0.2, 0.25) is 0 Å². The number of benzene rings is 4. The number of ether oxygens (including phenoxy) is 4. The van der Waals surface area contributed by atoms with Gasteiger partial charge in [0.2, 0.25) is 11.7 Å². The summed E-state index contributed by atoms with van der Waals surface area (Å²) < 4.78 is 27.5. The molecule has 2 aromatic heterocycles. The second-order valence-electron chi connectivity index (χ2n) is 11.7. The molecular formula is C38H37N5O5. The maximum absolute atomic E-state index is 12.7. The molecule has 0 radical (unpaired) electrons. The van der Waals surface area contributed by atoms with Crippen molar-refractivity contribution in [1.82, 2.24) is 19.6 Å². The van der Waals surface area contributed by atoms with Gasteiger partial charge in [-0.1, -0.05) is 109 Å². The summed E-state index contributed by atoms with van der Waals surface area (Å²) in [7, 11) is 1.90. The van der Waals surface area contributed by atoms with Crippen LogP contribution in [-0.4, -0.2) is 56.7 Å². The SMILES string of the molecule is CN(c1ccccc1)c1ncnc2c(C3(O)O[C@H](COCc4ccccc4)[C@@H](OCc4ccccc4)[C@H]3OCc3ccccc3)cnn12. The molecule has 1 aliphatic rings. The van der Waals surface area contributed by atoms with Gasteiger partial charge in [0, 0.05) is 12.7 Å². The Morgan fingerprint density at radius 2 is 1.31 bits per heavy atom. The highest BCUT2D eigenvalue weighted by molar-refractivity contribution is 5.60. The fourth-order valence-corrected chi connectivity index (χ4v) is 5.98. The van der Waals surface area contributed by atoms with Crippen LogP contribution in [0.3, 0.4) is 0 Å². The second kappa shape index (κ2) is 14.4. The lowest BCUT2D eigenvalue weighted by atomic mass is 9.99. The number of para-hydroxylation sites is 1. The molecule has 4 atom stereocenters. The van der Waals surface area contributed by atoms with E-state index < -0.39 is 24.1 Å². The highest BCUT2D eigenvalue weighted by Gasteiger charge is 2.58. The van der Waals surface area contributed by atoms with Gasteiger partial charge in [0.05, 0.1) is 38.2 Å². The Morgan fingerprint density at radius 1 is 0.750 bits per heavy atom. The Morgan fingerprint density at radius 3 is 1.94 bits per heavy atom. The third-order valence-electron chi connectivity index (χ3n) is 8.45. The summed E-state index contributed by atoms with van der Waals surface area (Å²) in [5.41, 5.74) is 4.59. The Kier molecular flexibility index (Phi) is 9.50. The number of aromatic nitrogens is 4. The average Bonchev–Trinajstić information content (AvgIpc) is 3.70. The topological polar surface area (TPSA) is 103 Å². The zero-order chi connectivity index (χ0) is 32.8. The van der Waals surface area contributed by atoms with Gasteiger partial charge in [-0.05, 0) is 28.8 Å². The van der Waals surface area contributed by atoms with E-state index in [1.807, 2.05) is 133 Å². The maximum atomic E-state index is 12.7. The summed E-state index contributed by atoms with van der Waals surface area (Å²) in [6.07, 6.45) is 0.652. The van der Waals surface area contributed by atoms with Gasteiger partial charge in [0.15, 0.2) is 5.65 Å². The summed E-state index contributed by atoms with van der Waals surface area (Å²) in [5, 5.41) is 17.3. The monoisotopic (exact) mass is 643 g/mol. The number of fused-ring (bicyclic) bond motifs is 1. The van der Waals surface area contributed by atoms with Gasteiger partial charge >= 0.3 is 0 Å². The third kappa shape index (κ3) is 6.70. The van der Waals surface area contributed by atoms with E-state index in [0.29, 0.717) is 23.8 Å². The van der Waals surface area contributed by atoms with Crippen molar-refractivity contribution >= 4 is 17.3 Å². The van der Waals surface area contributed by atoms with E-state index in [2.05, 4.69) is 15.1 Å². The third-order valence-corrected chi connectivity index (χ3v) is 8.45. The van der Waals surface area contributed by atoms with Gasteiger partial charge in [0.25, 0.3) is 0 Å². The summed E-state index contributed by atoms with van der Waals surface area (Å²) in [6.45, 7) is 1.03. The fourth-order valence-electron chi connectivity index (χ4n) is 5.98. The molecule has 6 aromatic rings. The first-order valence-electron chi connectivity index (χ1n) is 15.9. The first kappa shape index (κ1) is 31.6. The highest BCUT2D eigenvalue weighted by atomic mass is 16.7. The van der Waals surface area contributed by atoms with E-state index in [9.17, 15) is 5.11 Å². The molecule has 4 aromatic carbocycles. The molecule has 7 rings (SSSR count). The van der Waals surface area contributed by atoms with E-state index in [-0.39, 0.29) is 19.8 Å². The molecule has 1 unspecified atom stereocenters. The van der Waals surface area contributed by atoms with Crippen molar-refractivity contribution < 1.29 is 24.1 Å². The van der Waals surface area contributed by atoms with Gasteiger partial charge in [-0.25, -0.2) is 9.97 Å². The quantitative estimate of drug-likeness (QED) is 0.167. The molecule has 10 heteroatoms. The average molecular weight is 644 g/mol. The summed E-state index contributed by atoms with van der Waals surface area (Å²) >= 11 is 0. The van der Waals surface area contributed by atoms with Crippen molar-refractivity contribution in [3.63, 3.8) is 0 Å². The predicted octanol–water partition coefficient (Wildman–Crippen LogP) is 5.82. The lowest BCUT2D eigenvalue weighted by molar-refractivity contribution is -0.252. The smallest absolute Gasteiger partial charge is 0.234 e. The molecule has 1 N–H and O–H groups in total. The van der Waals surface area contributed by atoms with Crippen LogP contribution in [-0.2, 0) is 44.6 Å². The van der Waals surface area contributed by atoms with Crippen molar-refractivity contribution in [2.45, 2.75) is 43.9 Å². The minimum Gasteiger partial charge on any atom is -0.374 e. The number of hydrogen-bond donors (Lipinski definition) is 1. The highest BCUT2D eigenvalue weighted by Crippen LogP contribution is 2.43. The van der Waals surface area contributed by atoms with Crippen molar-refractivity contribution in [3.05, 3.63) is 156 Å². The van der Waals surface area contributed by atoms with Crippen LogP contribution in [0.1, 0.15) is 22.3 Å². The Labute approximate surface area is 279 Å². The van der Waals surface area contributed by atoms with E-state index in [4.69, 9.17) is 18.9 Å². The minimum absolute atomic E-state index is 0.151.